The molecule has 3 heteroatoms. The van der Waals surface area contributed by atoms with Gasteiger partial charge in [0.15, 0.2) is 11.6 Å². The highest BCUT2D eigenvalue weighted by Crippen LogP contribution is 2.60. The lowest BCUT2D eigenvalue weighted by Gasteiger charge is -2.20. The molecule has 0 saturated heterocycles. The van der Waals surface area contributed by atoms with Gasteiger partial charge in [-0.2, -0.15) is 0 Å². The smallest absolute Gasteiger partial charge is 0.165 e. The van der Waals surface area contributed by atoms with E-state index in [-0.39, 0.29) is 11.9 Å². The van der Waals surface area contributed by atoms with E-state index in [2.05, 4.69) is 12.2 Å². The molecule has 0 spiro atoms. The van der Waals surface area contributed by atoms with Crippen LogP contribution in [0.1, 0.15) is 44.2 Å². The quantitative estimate of drug-likeness (QED) is 0.845. The van der Waals surface area contributed by atoms with Gasteiger partial charge in [0.05, 0.1) is 7.11 Å². The summed E-state index contributed by atoms with van der Waals surface area (Å²) in [7, 11) is 1.49. The van der Waals surface area contributed by atoms with Crippen LogP contribution in [0.5, 0.6) is 5.75 Å². The molecule has 19 heavy (non-hydrogen) atoms. The summed E-state index contributed by atoms with van der Waals surface area (Å²) in [4.78, 5) is 0. The molecule has 1 N–H and O–H groups in total. The van der Waals surface area contributed by atoms with Crippen molar-refractivity contribution in [1.82, 2.24) is 5.32 Å². The van der Waals surface area contributed by atoms with E-state index in [0.717, 1.165) is 18.0 Å². The molecule has 104 valence electrons. The molecule has 0 aromatic heterocycles. The predicted octanol–water partition coefficient (Wildman–Crippen LogP) is 3.68. The molecular formula is C16H22FNO. The minimum absolute atomic E-state index is 0.191. The Bertz CT molecular complexity index is 466. The van der Waals surface area contributed by atoms with E-state index in [1.54, 1.807) is 12.1 Å². The lowest BCUT2D eigenvalue weighted by molar-refractivity contribution is 0.377. The number of hydrogen-bond acceptors (Lipinski definition) is 2. The normalized spacial score (nSPS) is 22.1. The van der Waals surface area contributed by atoms with E-state index in [9.17, 15) is 4.39 Å². The second-order valence-corrected chi connectivity index (χ2v) is 6.13. The van der Waals surface area contributed by atoms with Crippen LogP contribution in [0, 0.1) is 17.2 Å². The van der Waals surface area contributed by atoms with Crippen molar-refractivity contribution in [2.45, 2.75) is 38.6 Å². The summed E-state index contributed by atoms with van der Waals surface area (Å²) in [5.74, 6) is 0.990. The third-order valence-electron chi connectivity index (χ3n) is 4.77. The van der Waals surface area contributed by atoms with Gasteiger partial charge in [0.25, 0.3) is 0 Å². The highest BCUT2D eigenvalue weighted by Gasteiger charge is 2.53. The second-order valence-electron chi connectivity index (χ2n) is 6.13. The molecule has 3 rings (SSSR count). The van der Waals surface area contributed by atoms with Crippen molar-refractivity contribution in [1.29, 1.82) is 0 Å². The number of hydrogen-bond donors (Lipinski definition) is 1. The molecule has 1 unspecified atom stereocenters. The highest BCUT2D eigenvalue weighted by molar-refractivity contribution is 5.30. The Morgan fingerprint density at radius 3 is 2.68 bits per heavy atom. The summed E-state index contributed by atoms with van der Waals surface area (Å²) in [5.41, 5.74) is 1.57. The summed E-state index contributed by atoms with van der Waals surface area (Å²) >= 11 is 0. The molecular weight excluding hydrogens is 241 g/mol. The molecule has 2 fully saturated rings. The monoisotopic (exact) mass is 263 g/mol. The van der Waals surface area contributed by atoms with Crippen molar-refractivity contribution >= 4 is 0 Å². The average molecular weight is 263 g/mol. The van der Waals surface area contributed by atoms with Crippen LogP contribution >= 0.6 is 0 Å². The molecule has 1 atom stereocenters. The minimum Gasteiger partial charge on any atom is -0.494 e. The van der Waals surface area contributed by atoms with Crippen LogP contribution in [-0.2, 0) is 0 Å². The Morgan fingerprint density at radius 2 is 2.16 bits per heavy atom. The van der Waals surface area contributed by atoms with Crippen molar-refractivity contribution in [3.8, 4) is 5.75 Å². The summed E-state index contributed by atoms with van der Waals surface area (Å²) in [6.07, 6.45) is 5.56. The van der Waals surface area contributed by atoms with Gasteiger partial charge in [0, 0.05) is 12.6 Å². The second kappa shape index (κ2) is 4.78. The minimum atomic E-state index is -0.281. The van der Waals surface area contributed by atoms with Crippen LogP contribution in [-0.4, -0.2) is 13.7 Å². The number of rotatable bonds is 6. The summed E-state index contributed by atoms with van der Waals surface area (Å²) < 4.78 is 18.6. The third kappa shape index (κ3) is 2.62. The Kier molecular flexibility index (Phi) is 3.25. The van der Waals surface area contributed by atoms with Gasteiger partial charge in [-0.25, -0.2) is 4.39 Å². The number of nitrogens with one attached hydrogen (secondary N) is 1. The maximum Gasteiger partial charge on any atom is 0.165 e. The fraction of sp³-hybridized carbons (Fsp3) is 0.625. The number of methoxy groups -OCH3 is 1. The SMILES string of the molecule is COc1ccc(C(C)NCC2(C3CC3)CC2)cc1F. The van der Waals surface area contributed by atoms with Crippen LogP contribution in [0.4, 0.5) is 4.39 Å². The van der Waals surface area contributed by atoms with Crippen LogP contribution in [0.2, 0.25) is 0 Å². The van der Waals surface area contributed by atoms with Gasteiger partial charge in [-0.15, -0.1) is 0 Å². The summed E-state index contributed by atoms with van der Waals surface area (Å²) in [6.45, 7) is 3.18. The van der Waals surface area contributed by atoms with Crippen LogP contribution in [0.25, 0.3) is 0 Å². The Morgan fingerprint density at radius 1 is 1.42 bits per heavy atom. The van der Waals surface area contributed by atoms with Gasteiger partial charge in [-0.05, 0) is 61.6 Å². The largest absolute Gasteiger partial charge is 0.494 e. The van der Waals surface area contributed by atoms with Gasteiger partial charge in [-0.3, -0.25) is 0 Å². The summed E-state index contributed by atoms with van der Waals surface area (Å²) in [6, 6.07) is 5.41. The molecule has 0 bridgehead atoms. The highest BCUT2D eigenvalue weighted by atomic mass is 19.1. The van der Waals surface area contributed by atoms with Crippen molar-refractivity contribution in [2.75, 3.05) is 13.7 Å². The van der Waals surface area contributed by atoms with Gasteiger partial charge in [0.1, 0.15) is 0 Å². The first-order valence-corrected chi connectivity index (χ1v) is 7.21. The fourth-order valence-corrected chi connectivity index (χ4v) is 3.01. The molecule has 2 aliphatic rings. The first-order valence-electron chi connectivity index (χ1n) is 7.21. The van der Waals surface area contributed by atoms with Crippen molar-refractivity contribution in [3.63, 3.8) is 0 Å². The van der Waals surface area contributed by atoms with E-state index in [4.69, 9.17) is 4.74 Å². The maximum atomic E-state index is 13.7. The van der Waals surface area contributed by atoms with E-state index in [0.29, 0.717) is 11.2 Å². The number of benzene rings is 1. The predicted molar refractivity (Wildman–Crippen MR) is 73.8 cm³/mol. The zero-order valence-electron chi connectivity index (χ0n) is 11.7. The molecule has 0 aliphatic heterocycles. The van der Waals surface area contributed by atoms with Crippen LogP contribution in [0.15, 0.2) is 18.2 Å². The zero-order valence-corrected chi connectivity index (χ0v) is 11.7. The van der Waals surface area contributed by atoms with Crippen molar-refractivity contribution < 1.29 is 9.13 Å². The Balaban J connectivity index is 1.60. The van der Waals surface area contributed by atoms with Crippen molar-refractivity contribution in [3.05, 3.63) is 29.6 Å². The van der Waals surface area contributed by atoms with Gasteiger partial charge < -0.3 is 10.1 Å². The standard InChI is InChI=1S/C16H22FNO/c1-11(12-3-6-15(19-2)14(17)9-12)18-10-16(7-8-16)13-4-5-13/h3,6,9,11,13,18H,4-5,7-8,10H2,1-2H3. The molecule has 0 heterocycles. The molecule has 0 radical (unpaired) electrons. The molecule has 1 aromatic carbocycles. The van der Waals surface area contributed by atoms with E-state index < -0.39 is 0 Å². The first kappa shape index (κ1) is 12.9. The van der Waals surface area contributed by atoms with E-state index in [1.807, 2.05) is 6.07 Å². The summed E-state index contributed by atoms with van der Waals surface area (Å²) in [5, 5.41) is 3.58. The first-order chi connectivity index (χ1) is 9.14. The Hall–Kier alpha value is -1.09. The average Bonchev–Trinajstić information content (AvgIpc) is 3.28. The van der Waals surface area contributed by atoms with E-state index >= 15 is 0 Å². The fourth-order valence-electron chi connectivity index (χ4n) is 3.01. The third-order valence-corrected chi connectivity index (χ3v) is 4.77. The van der Waals surface area contributed by atoms with Crippen molar-refractivity contribution in [2.24, 2.45) is 11.3 Å². The van der Waals surface area contributed by atoms with Gasteiger partial charge >= 0.3 is 0 Å². The zero-order chi connectivity index (χ0) is 13.5. The molecule has 1 aromatic rings. The number of halogens is 1. The van der Waals surface area contributed by atoms with E-state index in [1.165, 1.54) is 32.8 Å². The Labute approximate surface area is 114 Å². The molecule has 0 amide bonds. The maximum absolute atomic E-state index is 13.7. The lowest BCUT2D eigenvalue weighted by Crippen LogP contribution is -2.28. The van der Waals surface area contributed by atoms with Gasteiger partial charge in [0.2, 0.25) is 0 Å². The lowest BCUT2D eigenvalue weighted by atomic mass is 9.99. The topological polar surface area (TPSA) is 21.3 Å². The van der Waals surface area contributed by atoms with Gasteiger partial charge in [-0.1, -0.05) is 6.07 Å². The molecule has 2 aliphatic carbocycles. The molecule has 2 nitrogen and oxygen atoms in total. The number of ether oxygens (including phenoxy) is 1. The van der Waals surface area contributed by atoms with Crippen LogP contribution < -0.4 is 10.1 Å². The van der Waals surface area contributed by atoms with Crippen LogP contribution in [0.3, 0.4) is 0 Å². The molecule has 2 saturated carbocycles.